The third-order valence-electron chi connectivity index (χ3n) is 7.92. The molecule has 3 aliphatic rings. The summed E-state index contributed by atoms with van der Waals surface area (Å²) < 4.78 is 14.6. The van der Waals surface area contributed by atoms with Gasteiger partial charge in [0.15, 0.2) is 0 Å². The molecule has 2 fully saturated rings. The van der Waals surface area contributed by atoms with Crippen LogP contribution in [0.4, 0.5) is 15.9 Å². The van der Waals surface area contributed by atoms with Crippen LogP contribution in [0.15, 0.2) is 42.7 Å². The van der Waals surface area contributed by atoms with E-state index in [0.717, 1.165) is 82.2 Å². The van der Waals surface area contributed by atoms with Gasteiger partial charge in [0, 0.05) is 68.1 Å². The molecule has 1 aromatic carbocycles. The van der Waals surface area contributed by atoms with Crippen LogP contribution in [0.1, 0.15) is 35.5 Å². The number of anilines is 2. The van der Waals surface area contributed by atoms with E-state index in [1.165, 1.54) is 0 Å². The van der Waals surface area contributed by atoms with Gasteiger partial charge in [0.05, 0.1) is 16.7 Å². The molecule has 4 aromatic rings. The minimum Gasteiger partial charge on any atom is -0.388 e. The van der Waals surface area contributed by atoms with Crippen molar-refractivity contribution < 1.29 is 4.39 Å². The first-order valence-electron chi connectivity index (χ1n) is 12.1. The first-order valence-corrected chi connectivity index (χ1v) is 12.1. The van der Waals surface area contributed by atoms with Gasteiger partial charge in [-0.3, -0.25) is 9.97 Å². The van der Waals surface area contributed by atoms with Gasteiger partial charge in [0.2, 0.25) is 0 Å². The monoisotopic (exact) mass is 467 g/mol. The molecular formula is C27H26FN7. The Balaban J connectivity index is 1.33. The van der Waals surface area contributed by atoms with Gasteiger partial charge in [-0.15, -0.1) is 0 Å². The van der Waals surface area contributed by atoms with Gasteiger partial charge in [-0.2, -0.15) is 0 Å². The van der Waals surface area contributed by atoms with Crippen molar-refractivity contribution in [1.82, 2.24) is 19.9 Å². The van der Waals surface area contributed by atoms with Crippen molar-refractivity contribution in [3.05, 3.63) is 71.2 Å². The topological polar surface area (TPSA) is 92.8 Å². The summed E-state index contributed by atoms with van der Waals surface area (Å²) in [6, 6.07) is 9.34. The van der Waals surface area contributed by atoms with Gasteiger partial charge in [-0.25, -0.2) is 14.4 Å². The molecule has 1 aliphatic heterocycles. The number of hydrogen-bond donors (Lipinski definition) is 2. The normalized spacial score (nSPS) is 22.0. The van der Waals surface area contributed by atoms with E-state index in [4.69, 9.17) is 15.7 Å². The molecular weight excluding hydrogens is 441 g/mol. The van der Waals surface area contributed by atoms with Gasteiger partial charge in [-0.05, 0) is 59.9 Å². The Morgan fingerprint density at radius 3 is 2.89 bits per heavy atom. The predicted octanol–water partition coefficient (Wildman–Crippen LogP) is 3.69. The number of fused-ring (bicyclic) bond motifs is 4. The molecule has 0 radical (unpaired) electrons. The largest absolute Gasteiger partial charge is 0.388 e. The second kappa shape index (κ2) is 7.42. The number of nitrogens with zero attached hydrogens (tertiary/aromatic N) is 5. The summed E-state index contributed by atoms with van der Waals surface area (Å²) in [6.07, 6.45) is 6.99. The van der Waals surface area contributed by atoms with E-state index in [0.29, 0.717) is 12.8 Å². The maximum atomic E-state index is 14.6. The summed E-state index contributed by atoms with van der Waals surface area (Å²) in [5, 5.41) is 3.16. The summed E-state index contributed by atoms with van der Waals surface area (Å²) in [4.78, 5) is 21.4. The highest BCUT2D eigenvalue weighted by Gasteiger charge is 2.56. The third kappa shape index (κ3) is 3.27. The molecule has 2 atom stereocenters. The number of pyridine rings is 2. The zero-order chi connectivity index (χ0) is 23.7. The van der Waals surface area contributed by atoms with Crippen LogP contribution in [-0.4, -0.2) is 46.1 Å². The second-order valence-corrected chi connectivity index (χ2v) is 10.1. The summed E-state index contributed by atoms with van der Waals surface area (Å²) in [5.41, 5.74) is 13.9. The van der Waals surface area contributed by atoms with Crippen molar-refractivity contribution in [1.29, 1.82) is 0 Å². The van der Waals surface area contributed by atoms with Crippen molar-refractivity contribution in [2.45, 2.75) is 31.7 Å². The van der Waals surface area contributed by atoms with Crippen molar-refractivity contribution in [2.24, 2.45) is 11.1 Å². The lowest BCUT2D eigenvalue weighted by Gasteiger charge is -2.22. The van der Waals surface area contributed by atoms with E-state index < -0.39 is 0 Å². The molecule has 3 N–H and O–H groups in total. The number of rotatable bonds is 4. The van der Waals surface area contributed by atoms with Gasteiger partial charge in [-0.1, -0.05) is 0 Å². The molecule has 0 bridgehead atoms. The Hall–Kier alpha value is -3.65. The summed E-state index contributed by atoms with van der Waals surface area (Å²) in [5.74, 6) is 1.39. The maximum Gasteiger partial charge on any atom is 0.140 e. The van der Waals surface area contributed by atoms with Gasteiger partial charge in [0.25, 0.3) is 0 Å². The van der Waals surface area contributed by atoms with Crippen LogP contribution in [0.5, 0.6) is 0 Å². The summed E-state index contributed by atoms with van der Waals surface area (Å²) in [6.45, 7) is 1.80. The molecule has 1 spiro atoms. The van der Waals surface area contributed by atoms with E-state index in [9.17, 15) is 4.39 Å². The van der Waals surface area contributed by atoms with Crippen LogP contribution >= 0.6 is 0 Å². The minimum absolute atomic E-state index is 0.200. The first-order chi connectivity index (χ1) is 17.0. The smallest absolute Gasteiger partial charge is 0.140 e. The molecule has 0 amide bonds. The number of hydrogen-bond acceptors (Lipinski definition) is 7. The summed E-state index contributed by atoms with van der Waals surface area (Å²) in [7, 11) is 1.83. The highest BCUT2D eigenvalue weighted by atomic mass is 19.1. The number of nitrogens with one attached hydrogen (secondary N) is 1. The fraction of sp³-hybridized carbons (Fsp3) is 0.333. The average Bonchev–Trinajstić information content (AvgIpc) is 3.17. The Morgan fingerprint density at radius 1 is 1.20 bits per heavy atom. The van der Waals surface area contributed by atoms with Crippen LogP contribution in [-0.2, 0) is 12.8 Å². The second-order valence-electron chi connectivity index (χ2n) is 10.1. The molecule has 3 aromatic heterocycles. The van der Waals surface area contributed by atoms with E-state index >= 15 is 0 Å². The maximum absolute atomic E-state index is 14.6. The molecule has 7 rings (SSSR count). The predicted molar refractivity (Wildman–Crippen MR) is 134 cm³/mol. The van der Waals surface area contributed by atoms with Crippen LogP contribution in [0.3, 0.4) is 0 Å². The summed E-state index contributed by atoms with van der Waals surface area (Å²) >= 11 is 0. The van der Waals surface area contributed by atoms with Gasteiger partial charge >= 0.3 is 0 Å². The Labute approximate surface area is 202 Å². The lowest BCUT2D eigenvalue weighted by Crippen LogP contribution is -2.25. The third-order valence-corrected chi connectivity index (χ3v) is 7.92. The quantitative estimate of drug-likeness (QED) is 0.416. The highest BCUT2D eigenvalue weighted by Crippen LogP contribution is 2.54. The Bertz CT molecular complexity index is 1500. The molecule has 0 unspecified atom stereocenters. The van der Waals surface area contributed by atoms with E-state index in [1.807, 2.05) is 25.4 Å². The molecule has 8 heteroatoms. The van der Waals surface area contributed by atoms with E-state index in [2.05, 4.69) is 26.3 Å². The zero-order valence-electron chi connectivity index (χ0n) is 19.6. The number of aromatic nitrogens is 4. The Kier molecular flexibility index (Phi) is 4.39. The lowest BCUT2D eigenvalue weighted by atomic mass is 10.0. The molecule has 1 saturated heterocycles. The number of nitrogens with two attached hydrogens (primary N) is 1. The molecule has 4 heterocycles. The van der Waals surface area contributed by atoms with Crippen molar-refractivity contribution >= 4 is 22.5 Å². The van der Waals surface area contributed by atoms with Gasteiger partial charge in [0.1, 0.15) is 17.5 Å². The number of halogens is 1. The average molecular weight is 468 g/mol. The molecule has 7 nitrogen and oxygen atoms in total. The highest BCUT2D eigenvalue weighted by molar-refractivity contribution is 5.88. The molecule has 176 valence electrons. The molecule has 1 saturated carbocycles. The SMILES string of the molecule is CNc1cc(F)cc2c1Cc1nc(Cc3cnc4cccnc4c3)nc(N3CC[C@@]4(C[C@H]4N)C3)c1-2. The van der Waals surface area contributed by atoms with Crippen LogP contribution in [0, 0.1) is 11.2 Å². The van der Waals surface area contributed by atoms with Crippen molar-refractivity contribution in [3.8, 4) is 11.1 Å². The number of benzene rings is 1. The standard InChI is InChI=1S/C27H26FN7/c1-30-20-10-16(28)9-18-17(20)11-22-25(18)26(35-6-4-27(14-35)12-23(27)29)34-24(33-22)8-15-7-21-19(32-13-15)3-2-5-31-21/h2-3,5,7,9-10,13,23,30H,4,6,8,11-12,14,29H2,1H3/t23-,27-/m1/s1. The van der Waals surface area contributed by atoms with E-state index in [1.54, 1.807) is 18.3 Å². The van der Waals surface area contributed by atoms with Crippen LogP contribution in [0.25, 0.3) is 22.2 Å². The zero-order valence-corrected chi connectivity index (χ0v) is 19.6. The van der Waals surface area contributed by atoms with Crippen LogP contribution in [0.2, 0.25) is 0 Å². The lowest BCUT2D eigenvalue weighted by molar-refractivity contribution is 0.553. The Morgan fingerprint density at radius 2 is 2.09 bits per heavy atom. The van der Waals surface area contributed by atoms with Gasteiger partial charge < -0.3 is 16.0 Å². The molecule has 2 aliphatic carbocycles. The molecule has 35 heavy (non-hydrogen) atoms. The fourth-order valence-corrected chi connectivity index (χ4v) is 5.90. The van der Waals surface area contributed by atoms with Crippen molar-refractivity contribution in [3.63, 3.8) is 0 Å². The van der Waals surface area contributed by atoms with Crippen LogP contribution < -0.4 is 16.0 Å². The fourth-order valence-electron chi connectivity index (χ4n) is 5.90. The minimum atomic E-state index is -0.257. The van der Waals surface area contributed by atoms with Crippen molar-refractivity contribution in [2.75, 3.05) is 30.4 Å². The van der Waals surface area contributed by atoms with E-state index in [-0.39, 0.29) is 17.3 Å². The first kappa shape index (κ1) is 20.7.